The number of methoxy groups -OCH3 is 1. The van der Waals surface area contributed by atoms with Crippen LogP contribution in [0.1, 0.15) is 29.9 Å². The number of quaternary nitrogens is 1. The zero-order chi connectivity index (χ0) is 16.8. The lowest BCUT2D eigenvalue weighted by Crippen LogP contribution is -3.11. The molecule has 1 heterocycles. The van der Waals surface area contributed by atoms with Crippen molar-refractivity contribution >= 4 is 16.9 Å². The van der Waals surface area contributed by atoms with Crippen molar-refractivity contribution in [1.29, 1.82) is 0 Å². The molecule has 0 aliphatic heterocycles. The first-order valence-corrected chi connectivity index (χ1v) is 8.05. The number of aryl methyl sites for hydroxylation is 1. The molecular weight excluding hydrogens is 292 g/mol. The molecule has 0 fully saturated rings. The number of rotatable bonds is 7. The van der Waals surface area contributed by atoms with E-state index in [9.17, 15) is 4.79 Å². The van der Waals surface area contributed by atoms with Crippen molar-refractivity contribution in [1.82, 2.24) is 4.98 Å². The third kappa shape index (κ3) is 4.20. The lowest BCUT2D eigenvalue weighted by molar-refractivity contribution is -0.896. The molecule has 2 aromatic rings. The monoisotopic (exact) mass is 317 g/mol. The van der Waals surface area contributed by atoms with Crippen LogP contribution in [0.2, 0.25) is 0 Å². The van der Waals surface area contributed by atoms with Gasteiger partial charge in [-0.3, -0.25) is 4.98 Å². The first kappa shape index (κ1) is 17.2. The SMILES string of the molecule is CC[NH+](CC)CCOC(=O)c1cc2cc(OC)ccc2nc1C. The molecule has 0 aliphatic rings. The van der Waals surface area contributed by atoms with Crippen LogP contribution in [0.4, 0.5) is 0 Å². The van der Waals surface area contributed by atoms with Gasteiger partial charge in [-0.05, 0) is 45.0 Å². The summed E-state index contributed by atoms with van der Waals surface area (Å²) in [6.45, 7) is 9.40. The Bertz CT molecular complexity index is 681. The summed E-state index contributed by atoms with van der Waals surface area (Å²) < 4.78 is 10.6. The second-order valence-corrected chi connectivity index (χ2v) is 5.52. The first-order chi connectivity index (χ1) is 11.1. The molecule has 1 N–H and O–H groups in total. The van der Waals surface area contributed by atoms with Gasteiger partial charge in [0.2, 0.25) is 0 Å². The fourth-order valence-electron chi connectivity index (χ4n) is 2.55. The molecule has 2 rings (SSSR count). The van der Waals surface area contributed by atoms with Crippen molar-refractivity contribution in [3.05, 3.63) is 35.5 Å². The van der Waals surface area contributed by atoms with Gasteiger partial charge in [-0.2, -0.15) is 0 Å². The van der Waals surface area contributed by atoms with Gasteiger partial charge >= 0.3 is 5.97 Å². The number of esters is 1. The van der Waals surface area contributed by atoms with Gasteiger partial charge in [-0.1, -0.05) is 0 Å². The maximum atomic E-state index is 12.3. The second-order valence-electron chi connectivity index (χ2n) is 5.52. The number of carbonyl (C=O) groups is 1. The molecule has 23 heavy (non-hydrogen) atoms. The van der Waals surface area contributed by atoms with E-state index in [1.54, 1.807) is 7.11 Å². The van der Waals surface area contributed by atoms with E-state index in [4.69, 9.17) is 9.47 Å². The standard InChI is InChI=1S/C18H24N2O3/c1-5-20(6-2)9-10-23-18(21)16-12-14-11-15(22-4)7-8-17(14)19-13(16)3/h7-8,11-12H,5-6,9-10H2,1-4H3/p+1. The largest absolute Gasteiger partial charge is 0.497 e. The number of nitrogens with one attached hydrogen (secondary N) is 1. The van der Waals surface area contributed by atoms with Crippen LogP contribution in [0.15, 0.2) is 24.3 Å². The van der Waals surface area contributed by atoms with Crippen LogP contribution < -0.4 is 9.64 Å². The first-order valence-electron chi connectivity index (χ1n) is 8.05. The number of ether oxygens (including phenoxy) is 2. The van der Waals surface area contributed by atoms with E-state index >= 15 is 0 Å². The Morgan fingerprint density at radius 3 is 2.61 bits per heavy atom. The van der Waals surface area contributed by atoms with Crippen molar-refractivity contribution in [2.24, 2.45) is 0 Å². The van der Waals surface area contributed by atoms with E-state index in [1.807, 2.05) is 31.2 Å². The molecule has 0 spiro atoms. The molecule has 5 nitrogen and oxygen atoms in total. The Morgan fingerprint density at radius 2 is 1.96 bits per heavy atom. The fraction of sp³-hybridized carbons (Fsp3) is 0.444. The van der Waals surface area contributed by atoms with Crippen molar-refractivity contribution in [2.75, 3.05) is 33.4 Å². The fourth-order valence-corrected chi connectivity index (χ4v) is 2.55. The molecule has 0 aliphatic carbocycles. The molecule has 0 saturated heterocycles. The highest BCUT2D eigenvalue weighted by Gasteiger charge is 2.14. The van der Waals surface area contributed by atoms with Gasteiger partial charge in [0.1, 0.15) is 18.9 Å². The van der Waals surface area contributed by atoms with Crippen molar-refractivity contribution in [3.8, 4) is 5.75 Å². The molecule has 0 amide bonds. The average molecular weight is 317 g/mol. The third-order valence-electron chi connectivity index (χ3n) is 4.12. The van der Waals surface area contributed by atoms with Crippen molar-refractivity contribution in [3.63, 3.8) is 0 Å². The van der Waals surface area contributed by atoms with E-state index < -0.39 is 0 Å². The Kier molecular flexibility index (Phi) is 5.93. The predicted molar refractivity (Wildman–Crippen MR) is 90.2 cm³/mol. The Labute approximate surface area is 137 Å². The van der Waals surface area contributed by atoms with Crippen LogP contribution in [-0.2, 0) is 4.74 Å². The average Bonchev–Trinajstić information content (AvgIpc) is 2.57. The molecular formula is C18H25N2O3+. The smallest absolute Gasteiger partial charge is 0.340 e. The van der Waals surface area contributed by atoms with Crippen molar-refractivity contribution in [2.45, 2.75) is 20.8 Å². The van der Waals surface area contributed by atoms with Gasteiger partial charge in [-0.15, -0.1) is 0 Å². The highest BCUT2D eigenvalue weighted by molar-refractivity contribution is 5.95. The van der Waals surface area contributed by atoms with Crippen molar-refractivity contribution < 1.29 is 19.2 Å². The molecule has 0 bridgehead atoms. The van der Waals surface area contributed by atoms with Gasteiger partial charge in [0.05, 0.1) is 37.0 Å². The molecule has 0 radical (unpaired) electrons. The van der Waals surface area contributed by atoms with E-state index in [-0.39, 0.29) is 5.97 Å². The Balaban J connectivity index is 2.14. The quantitative estimate of drug-likeness (QED) is 0.789. The Hall–Kier alpha value is -2.14. The lowest BCUT2D eigenvalue weighted by atomic mass is 10.1. The zero-order valence-electron chi connectivity index (χ0n) is 14.3. The summed E-state index contributed by atoms with van der Waals surface area (Å²) in [5.74, 6) is 0.430. The van der Waals surface area contributed by atoms with E-state index in [1.165, 1.54) is 4.90 Å². The molecule has 0 saturated carbocycles. The summed E-state index contributed by atoms with van der Waals surface area (Å²) in [6.07, 6.45) is 0. The van der Waals surface area contributed by atoms with E-state index in [0.29, 0.717) is 17.9 Å². The second kappa shape index (κ2) is 7.92. The lowest BCUT2D eigenvalue weighted by Gasteiger charge is -2.15. The molecule has 1 aromatic carbocycles. The molecule has 0 atom stereocenters. The van der Waals surface area contributed by atoms with Gasteiger partial charge < -0.3 is 14.4 Å². The van der Waals surface area contributed by atoms with Crippen LogP contribution in [0.5, 0.6) is 5.75 Å². The maximum absolute atomic E-state index is 12.3. The minimum absolute atomic E-state index is 0.314. The van der Waals surface area contributed by atoms with E-state index in [2.05, 4.69) is 18.8 Å². The third-order valence-corrected chi connectivity index (χ3v) is 4.12. The van der Waals surface area contributed by atoms with Crippen LogP contribution >= 0.6 is 0 Å². The highest BCUT2D eigenvalue weighted by Crippen LogP contribution is 2.22. The molecule has 5 heteroatoms. The van der Waals surface area contributed by atoms with Gasteiger partial charge in [0.25, 0.3) is 0 Å². The Morgan fingerprint density at radius 1 is 1.22 bits per heavy atom. The molecule has 124 valence electrons. The maximum Gasteiger partial charge on any atom is 0.340 e. The summed E-state index contributed by atoms with van der Waals surface area (Å²) in [5.41, 5.74) is 2.04. The summed E-state index contributed by atoms with van der Waals surface area (Å²) in [7, 11) is 1.62. The number of nitrogens with zero attached hydrogens (tertiary/aromatic N) is 1. The number of carbonyl (C=O) groups excluding carboxylic acids is 1. The number of aromatic nitrogens is 1. The van der Waals surface area contributed by atoms with Crippen LogP contribution in [0, 0.1) is 6.92 Å². The normalized spacial score (nSPS) is 11.0. The number of likely N-dealkylation sites (N-methyl/N-ethyl adjacent to an activating group) is 1. The number of hydrogen-bond acceptors (Lipinski definition) is 4. The molecule has 1 aromatic heterocycles. The number of hydrogen-bond donors (Lipinski definition) is 1. The predicted octanol–water partition coefficient (Wildman–Crippen LogP) is 1.63. The highest BCUT2D eigenvalue weighted by atomic mass is 16.5. The minimum Gasteiger partial charge on any atom is -0.497 e. The minimum atomic E-state index is -0.314. The summed E-state index contributed by atoms with van der Waals surface area (Å²) in [4.78, 5) is 18.2. The summed E-state index contributed by atoms with van der Waals surface area (Å²) in [6, 6.07) is 7.45. The number of pyridine rings is 1. The van der Waals surface area contributed by atoms with Crippen LogP contribution in [-0.4, -0.2) is 44.3 Å². The van der Waals surface area contributed by atoms with Crippen LogP contribution in [0.3, 0.4) is 0 Å². The topological polar surface area (TPSA) is 52.9 Å². The van der Waals surface area contributed by atoms with Gasteiger partial charge in [0, 0.05) is 5.39 Å². The van der Waals surface area contributed by atoms with Crippen LogP contribution in [0.25, 0.3) is 10.9 Å². The zero-order valence-corrected chi connectivity index (χ0v) is 14.3. The number of fused-ring (bicyclic) bond motifs is 1. The molecule has 0 unspecified atom stereocenters. The van der Waals surface area contributed by atoms with E-state index in [0.717, 1.165) is 36.3 Å². The summed E-state index contributed by atoms with van der Waals surface area (Å²) in [5, 5.41) is 0.872. The number of benzene rings is 1. The summed E-state index contributed by atoms with van der Waals surface area (Å²) >= 11 is 0. The van der Waals surface area contributed by atoms with Gasteiger partial charge in [-0.25, -0.2) is 4.79 Å². The van der Waals surface area contributed by atoms with Gasteiger partial charge in [0.15, 0.2) is 0 Å².